The van der Waals surface area contributed by atoms with Gasteiger partial charge in [-0.15, -0.1) is 0 Å². The molecule has 0 radical (unpaired) electrons. The van der Waals surface area contributed by atoms with Crippen LogP contribution in [-0.4, -0.2) is 25.3 Å². The Morgan fingerprint density at radius 1 is 0.871 bits per heavy atom. The minimum absolute atomic E-state index is 0.0604. The molecule has 174 valence electrons. The van der Waals surface area contributed by atoms with Crippen LogP contribution < -0.4 is 9.47 Å². The van der Waals surface area contributed by atoms with Crippen molar-refractivity contribution < 1.29 is 19.0 Å². The molecule has 0 heterocycles. The van der Waals surface area contributed by atoms with Gasteiger partial charge in [-0.25, -0.2) is 4.79 Å². The van der Waals surface area contributed by atoms with Crippen LogP contribution in [0.5, 0.6) is 11.5 Å². The molecular formula is C27H42O4. The lowest BCUT2D eigenvalue weighted by molar-refractivity contribution is -0.144. The molecule has 1 aromatic carbocycles. The average Bonchev–Trinajstić information content (AvgIpc) is 2.79. The Morgan fingerprint density at radius 2 is 1.45 bits per heavy atom. The van der Waals surface area contributed by atoms with E-state index in [-0.39, 0.29) is 12.1 Å². The van der Waals surface area contributed by atoms with Gasteiger partial charge in [0.2, 0.25) is 0 Å². The van der Waals surface area contributed by atoms with Crippen LogP contribution in [0.2, 0.25) is 0 Å². The third-order valence-corrected chi connectivity index (χ3v) is 5.76. The van der Waals surface area contributed by atoms with Crippen molar-refractivity contribution >= 4 is 12.0 Å². The van der Waals surface area contributed by atoms with E-state index in [0.717, 1.165) is 55.6 Å². The van der Waals surface area contributed by atoms with Gasteiger partial charge in [0.05, 0.1) is 18.8 Å². The Bertz CT molecular complexity index is 614. The normalized spacial score (nSPS) is 14.6. The zero-order valence-corrected chi connectivity index (χ0v) is 19.7. The first-order chi connectivity index (χ1) is 15.2. The van der Waals surface area contributed by atoms with E-state index in [4.69, 9.17) is 14.2 Å². The second-order valence-electron chi connectivity index (χ2n) is 8.52. The van der Waals surface area contributed by atoms with Gasteiger partial charge in [0.1, 0.15) is 17.6 Å². The minimum Gasteiger partial charge on any atom is -0.493 e. The van der Waals surface area contributed by atoms with Crippen molar-refractivity contribution in [2.45, 2.75) is 103 Å². The number of rotatable bonds is 15. The lowest BCUT2D eigenvalue weighted by Gasteiger charge is -2.21. The summed E-state index contributed by atoms with van der Waals surface area (Å²) in [5, 5.41) is 0. The van der Waals surface area contributed by atoms with Gasteiger partial charge < -0.3 is 14.2 Å². The van der Waals surface area contributed by atoms with Gasteiger partial charge in [-0.3, -0.25) is 0 Å². The molecule has 1 fully saturated rings. The van der Waals surface area contributed by atoms with Crippen LogP contribution in [0.15, 0.2) is 24.3 Å². The maximum Gasteiger partial charge on any atom is 0.331 e. The molecule has 1 aromatic rings. The van der Waals surface area contributed by atoms with Crippen molar-refractivity contribution in [3.63, 3.8) is 0 Å². The number of carbonyl (C=O) groups excluding carboxylic acids is 1. The smallest absolute Gasteiger partial charge is 0.331 e. The molecule has 0 aromatic heterocycles. The number of ether oxygens (including phenoxy) is 3. The number of esters is 1. The van der Waals surface area contributed by atoms with Crippen LogP contribution in [0.4, 0.5) is 0 Å². The number of unbranched alkanes of at least 4 members (excludes halogenated alkanes) is 6. The molecule has 0 saturated heterocycles. The monoisotopic (exact) mass is 430 g/mol. The molecule has 1 aliphatic carbocycles. The van der Waals surface area contributed by atoms with Gasteiger partial charge in [0.25, 0.3) is 0 Å². The molecule has 0 unspecified atom stereocenters. The van der Waals surface area contributed by atoms with Crippen molar-refractivity contribution in [1.82, 2.24) is 0 Å². The van der Waals surface area contributed by atoms with Gasteiger partial charge in [0.15, 0.2) is 0 Å². The van der Waals surface area contributed by atoms with Crippen LogP contribution in [0.3, 0.4) is 0 Å². The molecule has 4 heteroatoms. The van der Waals surface area contributed by atoms with E-state index in [1.54, 1.807) is 6.08 Å². The van der Waals surface area contributed by atoms with Crippen molar-refractivity contribution in [1.29, 1.82) is 0 Å². The van der Waals surface area contributed by atoms with Crippen LogP contribution in [0, 0.1) is 0 Å². The molecule has 0 atom stereocenters. The van der Waals surface area contributed by atoms with Crippen LogP contribution in [-0.2, 0) is 9.53 Å². The standard InChI is InChI=1S/C27H42O4/c1-3-5-7-12-21-29-25-17-14-18-26(30-22-13-8-6-4-2)24(25)19-20-27(28)31-23-15-10-9-11-16-23/h14,17-20,23H,3-13,15-16,21-22H2,1-2H3. The maximum absolute atomic E-state index is 12.4. The molecule has 1 aliphatic rings. The van der Waals surface area contributed by atoms with Crippen LogP contribution in [0.25, 0.3) is 6.08 Å². The molecule has 0 aliphatic heterocycles. The lowest BCUT2D eigenvalue weighted by atomic mass is 9.98. The fraction of sp³-hybridized carbons (Fsp3) is 0.667. The van der Waals surface area contributed by atoms with Crippen molar-refractivity contribution in [2.75, 3.05) is 13.2 Å². The lowest BCUT2D eigenvalue weighted by Crippen LogP contribution is -2.19. The predicted octanol–water partition coefficient (Wildman–Crippen LogP) is 7.49. The fourth-order valence-corrected chi connectivity index (χ4v) is 3.90. The Hall–Kier alpha value is -1.97. The van der Waals surface area contributed by atoms with Crippen LogP contribution in [0.1, 0.15) is 103 Å². The zero-order valence-electron chi connectivity index (χ0n) is 19.7. The maximum atomic E-state index is 12.4. The summed E-state index contributed by atoms with van der Waals surface area (Å²) in [5.41, 5.74) is 0.828. The second-order valence-corrected chi connectivity index (χ2v) is 8.52. The van der Waals surface area contributed by atoms with Gasteiger partial charge in [-0.1, -0.05) is 64.9 Å². The number of hydrogen-bond donors (Lipinski definition) is 0. The highest BCUT2D eigenvalue weighted by Crippen LogP contribution is 2.31. The Balaban J connectivity index is 2.01. The summed E-state index contributed by atoms with van der Waals surface area (Å²) < 4.78 is 17.8. The first kappa shape index (κ1) is 25.3. The topological polar surface area (TPSA) is 44.8 Å². The molecule has 0 amide bonds. The predicted molar refractivity (Wildman–Crippen MR) is 128 cm³/mol. The number of carbonyl (C=O) groups is 1. The van der Waals surface area contributed by atoms with E-state index < -0.39 is 0 Å². The van der Waals surface area contributed by atoms with E-state index in [1.165, 1.54) is 51.0 Å². The van der Waals surface area contributed by atoms with Crippen molar-refractivity contribution in [2.24, 2.45) is 0 Å². The molecule has 31 heavy (non-hydrogen) atoms. The quantitative estimate of drug-likeness (QED) is 0.164. The molecular weight excluding hydrogens is 388 g/mol. The molecule has 1 saturated carbocycles. The summed E-state index contributed by atoms with van der Waals surface area (Å²) in [5.74, 6) is 1.26. The zero-order chi connectivity index (χ0) is 22.2. The summed E-state index contributed by atoms with van der Waals surface area (Å²) in [4.78, 5) is 12.4. The molecule has 4 nitrogen and oxygen atoms in total. The van der Waals surface area contributed by atoms with Crippen molar-refractivity contribution in [3.8, 4) is 11.5 Å². The van der Waals surface area contributed by atoms with Crippen molar-refractivity contribution in [3.05, 3.63) is 29.8 Å². The Labute approximate surface area is 189 Å². The third kappa shape index (κ3) is 10.3. The van der Waals surface area contributed by atoms with Crippen LogP contribution >= 0.6 is 0 Å². The second kappa shape index (κ2) is 15.8. The average molecular weight is 431 g/mol. The van der Waals surface area contributed by atoms with Gasteiger partial charge in [0, 0.05) is 6.08 Å². The summed E-state index contributed by atoms with van der Waals surface area (Å²) in [6.45, 7) is 5.76. The summed E-state index contributed by atoms with van der Waals surface area (Å²) in [6, 6.07) is 5.87. The molecule has 0 bridgehead atoms. The van der Waals surface area contributed by atoms with E-state index in [2.05, 4.69) is 13.8 Å². The molecule has 0 spiro atoms. The van der Waals surface area contributed by atoms with E-state index in [0.29, 0.717) is 13.2 Å². The summed E-state index contributed by atoms with van der Waals surface area (Å²) >= 11 is 0. The first-order valence-corrected chi connectivity index (χ1v) is 12.5. The summed E-state index contributed by atoms with van der Waals surface area (Å²) in [6.07, 6.45) is 18.1. The van der Waals surface area contributed by atoms with Gasteiger partial charge in [-0.2, -0.15) is 0 Å². The Morgan fingerprint density at radius 3 is 2.00 bits per heavy atom. The molecule has 2 rings (SSSR count). The van der Waals surface area contributed by atoms with Gasteiger partial charge in [-0.05, 0) is 56.7 Å². The minimum atomic E-state index is -0.279. The fourth-order valence-electron chi connectivity index (χ4n) is 3.90. The summed E-state index contributed by atoms with van der Waals surface area (Å²) in [7, 11) is 0. The molecule has 0 N–H and O–H groups in total. The van der Waals surface area contributed by atoms with E-state index in [9.17, 15) is 4.79 Å². The number of benzene rings is 1. The first-order valence-electron chi connectivity index (χ1n) is 12.5. The SMILES string of the molecule is CCCCCCOc1cccc(OCCCCCC)c1C=CC(=O)OC1CCCCC1. The number of hydrogen-bond acceptors (Lipinski definition) is 4. The van der Waals surface area contributed by atoms with E-state index in [1.807, 2.05) is 18.2 Å². The van der Waals surface area contributed by atoms with Gasteiger partial charge >= 0.3 is 5.97 Å². The largest absolute Gasteiger partial charge is 0.493 e. The highest BCUT2D eigenvalue weighted by Gasteiger charge is 2.17. The highest BCUT2D eigenvalue weighted by molar-refractivity contribution is 5.88. The third-order valence-electron chi connectivity index (χ3n) is 5.76. The van der Waals surface area contributed by atoms with E-state index >= 15 is 0 Å². The Kier molecular flexibility index (Phi) is 12.9. The highest BCUT2D eigenvalue weighted by atomic mass is 16.5.